The average Bonchev–Trinajstić information content (AvgIpc) is 2.91. The van der Waals surface area contributed by atoms with Crippen LogP contribution in [0.2, 0.25) is 5.02 Å². The van der Waals surface area contributed by atoms with Crippen molar-refractivity contribution in [1.82, 2.24) is 10.6 Å². The molecule has 1 unspecified atom stereocenters. The number of nitrogens with one attached hydrogen (secondary N) is 2. The van der Waals surface area contributed by atoms with Crippen LogP contribution in [0.25, 0.3) is 0 Å². The molecule has 2 aromatic rings. The van der Waals surface area contributed by atoms with Gasteiger partial charge in [0.05, 0.1) is 11.1 Å². The molecule has 1 aromatic carbocycles. The van der Waals surface area contributed by atoms with Crippen LogP contribution in [-0.2, 0) is 6.42 Å². The molecule has 1 atom stereocenters. The second-order valence-corrected chi connectivity index (χ2v) is 6.40. The van der Waals surface area contributed by atoms with Gasteiger partial charge in [0, 0.05) is 17.0 Å². The average molecular weight is 321 g/mol. The van der Waals surface area contributed by atoms with Crippen molar-refractivity contribution in [1.29, 1.82) is 0 Å². The standard InChI is InChI=1S/C16H17ClN2OS/c1-2-18-14(15-13(17)6-8-21-15)11-4-3-10-5-7-19-16(20)12(10)9-11/h3-4,6,8-9,14,18H,2,5,7H2,1H3,(H,19,20). The minimum atomic E-state index is 0.0191. The molecule has 0 aliphatic carbocycles. The molecular formula is C16H17ClN2OS. The molecule has 0 fully saturated rings. The number of hydrogen-bond donors (Lipinski definition) is 2. The zero-order valence-electron chi connectivity index (χ0n) is 11.8. The van der Waals surface area contributed by atoms with E-state index in [0.29, 0.717) is 0 Å². The fourth-order valence-electron chi connectivity index (χ4n) is 2.69. The van der Waals surface area contributed by atoms with Gasteiger partial charge in [-0.3, -0.25) is 4.79 Å². The van der Waals surface area contributed by atoms with Crippen molar-refractivity contribution in [3.05, 3.63) is 56.2 Å². The van der Waals surface area contributed by atoms with Gasteiger partial charge in [0.2, 0.25) is 0 Å². The molecule has 21 heavy (non-hydrogen) atoms. The highest BCUT2D eigenvalue weighted by atomic mass is 35.5. The summed E-state index contributed by atoms with van der Waals surface area (Å²) in [6.45, 7) is 3.63. The molecule has 5 heteroatoms. The van der Waals surface area contributed by atoms with E-state index in [-0.39, 0.29) is 11.9 Å². The van der Waals surface area contributed by atoms with E-state index in [1.54, 1.807) is 11.3 Å². The second-order valence-electron chi connectivity index (χ2n) is 5.05. The molecule has 0 bridgehead atoms. The van der Waals surface area contributed by atoms with Crippen molar-refractivity contribution in [2.24, 2.45) is 0 Å². The molecule has 110 valence electrons. The van der Waals surface area contributed by atoms with Crippen molar-refractivity contribution in [2.75, 3.05) is 13.1 Å². The molecule has 1 aliphatic heterocycles. The Morgan fingerprint density at radius 3 is 3.00 bits per heavy atom. The number of benzene rings is 1. The van der Waals surface area contributed by atoms with E-state index in [9.17, 15) is 4.79 Å². The third-order valence-electron chi connectivity index (χ3n) is 3.71. The predicted octanol–water partition coefficient (Wildman–Crippen LogP) is 3.39. The topological polar surface area (TPSA) is 41.1 Å². The Kier molecular flexibility index (Phi) is 4.29. The maximum atomic E-state index is 12.0. The van der Waals surface area contributed by atoms with E-state index in [4.69, 9.17) is 11.6 Å². The fraction of sp³-hybridized carbons (Fsp3) is 0.312. The lowest BCUT2D eigenvalue weighted by atomic mass is 9.94. The van der Waals surface area contributed by atoms with E-state index in [1.807, 2.05) is 17.5 Å². The summed E-state index contributed by atoms with van der Waals surface area (Å²) in [7, 11) is 0. The van der Waals surface area contributed by atoms with Gasteiger partial charge in [-0.05, 0) is 41.6 Å². The maximum Gasteiger partial charge on any atom is 0.251 e. The molecule has 0 radical (unpaired) electrons. The van der Waals surface area contributed by atoms with Crippen LogP contribution in [-0.4, -0.2) is 19.0 Å². The van der Waals surface area contributed by atoms with E-state index >= 15 is 0 Å². The molecule has 2 heterocycles. The van der Waals surface area contributed by atoms with Crippen molar-refractivity contribution >= 4 is 28.8 Å². The zero-order chi connectivity index (χ0) is 14.8. The predicted molar refractivity (Wildman–Crippen MR) is 87.3 cm³/mol. The van der Waals surface area contributed by atoms with Crippen molar-refractivity contribution < 1.29 is 4.79 Å². The summed E-state index contributed by atoms with van der Waals surface area (Å²) in [5, 5.41) is 9.12. The summed E-state index contributed by atoms with van der Waals surface area (Å²) >= 11 is 7.92. The number of carbonyl (C=O) groups excluding carboxylic acids is 1. The van der Waals surface area contributed by atoms with Gasteiger partial charge in [0.15, 0.2) is 0 Å². The Bertz CT molecular complexity index is 668. The summed E-state index contributed by atoms with van der Waals surface area (Å²) < 4.78 is 0. The SMILES string of the molecule is CCNC(c1ccc2c(c1)C(=O)NCC2)c1sccc1Cl. The van der Waals surface area contributed by atoms with Gasteiger partial charge in [0.1, 0.15) is 0 Å². The quantitative estimate of drug-likeness (QED) is 0.906. The minimum absolute atomic E-state index is 0.0191. The maximum absolute atomic E-state index is 12.0. The van der Waals surface area contributed by atoms with E-state index < -0.39 is 0 Å². The summed E-state index contributed by atoms with van der Waals surface area (Å²) in [6.07, 6.45) is 0.896. The van der Waals surface area contributed by atoms with E-state index in [1.165, 1.54) is 0 Å². The van der Waals surface area contributed by atoms with Crippen LogP contribution in [0, 0.1) is 0 Å². The van der Waals surface area contributed by atoms with E-state index in [2.05, 4.69) is 29.7 Å². The Morgan fingerprint density at radius 2 is 2.29 bits per heavy atom. The first kappa shape index (κ1) is 14.6. The lowest BCUT2D eigenvalue weighted by Crippen LogP contribution is -2.32. The molecule has 3 nitrogen and oxygen atoms in total. The molecule has 0 saturated heterocycles. The molecule has 2 N–H and O–H groups in total. The highest BCUT2D eigenvalue weighted by molar-refractivity contribution is 7.10. The molecule has 0 saturated carbocycles. The number of halogens is 1. The van der Waals surface area contributed by atoms with Crippen LogP contribution in [0.15, 0.2) is 29.6 Å². The number of carbonyl (C=O) groups is 1. The molecule has 1 aromatic heterocycles. The van der Waals surface area contributed by atoms with Crippen LogP contribution in [0.1, 0.15) is 39.3 Å². The van der Waals surface area contributed by atoms with Gasteiger partial charge in [0.25, 0.3) is 5.91 Å². The monoisotopic (exact) mass is 320 g/mol. The van der Waals surface area contributed by atoms with Gasteiger partial charge in [-0.15, -0.1) is 11.3 Å². The van der Waals surface area contributed by atoms with Crippen LogP contribution >= 0.6 is 22.9 Å². The Balaban J connectivity index is 2.02. The summed E-state index contributed by atoms with van der Waals surface area (Å²) in [4.78, 5) is 13.1. The van der Waals surface area contributed by atoms with Crippen LogP contribution in [0.5, 0.6) is 0 Å². The van der Waals surface area contributed by atoms with Gasteiger partial charge >= 0.3 is 0 Å². The summed E-state index contributed by atoms with van der Waals surface area (Å²) in [5.74, 6) is 0.0191. The van der Waals surface area contributed by atoms with Crippen LogP contribution in [0.3, 0.4) is 0 Å². The normalized spacial score (nSPS) is 15.4. The van der Waals surface area contributed by atoms with Gasteiger partial charge in [-0.2, -0.15) is 0 Å². The van der Waals surface area contributed by atoms with Crippen molar-refractivity contribution in [3.8, 4) is 0 Å². The number of amides is 1. The lowest BCUT2D eigenvalue weighted by molar-refractivity contribution is 0.0946. The van der Waals surface area contributed by atoms with Crippen molar-refractivity contribution in [3.63, 3.8) is 0 Å². The highest BCUT2D eigenvalue weighted by Crippen LogP contribution is 2.33. The first-order chi connectivity index (χ1) is 10.2. The number of rotatable bonds is 4. The Morgan fingerprint density at radius 1 is 1.43 bits per heavy atom. The number of thiophene rings is 1. The third-order valence-corrected chi connectivity index (χ3v) is 5.13. The molecule has 1 amide bonds. The molecular weight excluding hydrogens is 304 g/mol. The smallest absolute Gasteiger partial charge is 0.251 e. The fourth-order valence-corrected chi connectivity index (χ4v) is 3.95. The van der Waals surface area contributed by atoms with Crippen LogP contribution < -0.4 is 10.6 Å². The largest absolute Gasteiger partial charge is 0.352 e. The zero-order valence-corrected chi connectivity index (χ0v) is 13.4. The van der Waals surface area contributed by atoms with Gasteiger partial charge in [-0.25, -0.2) is 0 Å². The molecule has 1 aliphatic rings. The van der Waals surface area contributed by atoms with Gasteiger partial charge < -0.3 is 10.6 Å². The molecule has 3 rings (SSSR count). The Hall–Kier alpha value is -1.36. The first-order valence-electron chi connectivity index (χ1n) is 7.08. The molecule has 0 spiro atoms. The number of hydrogen-bond acceptors (Lipinski definition) is 3. The Labute approximate surface area is 133 Å². The van der Waals surface area contributed by atoms with Crippen LogP contribution in [0.4, 0.5) is 0 Å². The summed E-state index contributed by atoms with van der Waals surface area (Å²) in [6, 6.07) is 8.10. The lowest BCUT2D eigenvalue weighted by Gasteiger charge is -2.22. The third kappa shape index (κ3) is 2.84. The van der Waals surface area contributed by atoms with Crippen molar-refractivity contribution in [2.45, 2.75) is 19.4 Å². The summed E-state index contributed by atoms with van der Waals surface area (Å²) in [5.41, 5.74) is 2.99. The number of fused-ring (bicyclic) bond motifs is 1. The van der Waals surface area contributed by atoms with Gasteiger partial charge in [-0.1, -0.05) is 30.7 Å². The first-order valence-corrected chi connectivity index (χ1v) is 8.33. The minimum Gasteiger partial charge on any atom is -0.352 e. The highest BCUT2D eigenvalue weighted by Gasteiger charge is 2.22. The van der Waals surface area contributed by atoms with E-state index in [0.717, 1.165) is 46.1 Å². The second kappa shape index (κ2) is 6.18.